The third kappa shape index (κ3) is 3.50. The van der Waals surface area contributed by atoms with Crippen molar-refractivity contribution in [3.8, 4) is 0 Å². The number of hydrogen-bond acceptors (Lipinski definition) is 2. The van der Waals surface area contributed by atoms with Gasteiger partial charge in [0.2, 0.25) is 0 Å². The molecule has 0 unspecified atom stereocenters. The summed E-state index contributed by atoms with van der Waals surface area (Å²) < 4.78 is 26.9. The lowest BCUT2D eigenvalue weighted by Crippen LogP contribution is -2.46. The molecule has 0 radical (unpaired) electrons. The summed E-state index contributed by atoms with van der Waals surface area (Å²) in [4.78, 5) is 14.3. The summed E-state index contributed by atoms with van der Waals surface area (Å²) in [5, 5.41) is 5.05. The van der Waals surface area contributed by atoms with Crippen molar-refractivity contribution in [2.75, 3.05) is 18.4 Å². The molecule has 0 atom stereocenters. The van der Waals surface area contributed by atoms with Crippen LogP contribution in [0.3, 0.4) is 0 Å². The Kier molecular flexibility index (Phi) is 4.05. The van der Waals surface area contributed by atoms with Gasteiger partial charge >= 0.3 is 6.03 Å². The minimum Gasteiger partial charge on any atom is -0.335 e. The summed E-state index contributed by atoms with van der Waals surface area (Å²) in [6.07, 6.45) is 4.32. The molecule has 1 heterocycles. The maximum Gasteiger partial charge on any atom is 0.319 e. The second-order valence-electron chi connectivity index (χ2n) is 5.74. The fourth-order valence-corrected chi connectivity index (χ4v) is 2.80. The van der Waals surface area contributed by atoms with Crippen LogP contribution < -0.4 is 10.6 Å². The normalized spacial score (nSPS) is 20.3. The van der Waals surface area contributed by atoms with E-state index in [2.05, 4.69) is 15.5 Å². The van der Waals surface area contributed by atoms with Crippen LogP contribution in [0.4, 0.5) is 19.3 Å². The van der Waals surface area contributed by atoms with Crippen LogP contribution in [0.25, 0.3) is 0 Å². The number of nitrogens with zero attached hydrogens (tertiary/aromatic N) is 1. The highest BCUT2D eigenvalue weighted by Crippen LogP contribution is 2.29. The molecule has 21 heavy (non-hydrogen) atoms. The maximum atomic E-state index is 13.4. The van der Waals surface area contributed by atoms with Gasteiger partial charge in [-0.1, -0.05) is 6.07 Å². The highest BCUT2D eigenvalue weighted by atomic mass is 19.1. The smallest absolute Gasteiger partial charge is 0.319 e. The van der Waals surface area contributed by atoms with Crippen molar-refractivity contribution in [3.05, 3.63) is 29.8 Å². The lowest BCUT2D eigenvalue weighted by molar-refractivity contribution is 0.189. The molecular weight excluding hydrogens is 276 g/mol. The third-order valence-corrected chi connectivity index (χ3v) is 4.13. The topological polar surface area (TPSA) is 44.4 Å². The quantitative estimate of drug-likeness (QED) is 0.900. The van der Waals surface area contributed by atoms with Gasteiger partial charge in [-0.25, -0.2) is 13.6 Å². The van der Waals surface area contributed by atoms with Crippen LogP contribution in [-0.4, -0.2) is 36.1 Å². The number of amides is 2. The molecule has 2 aliphatic rings. The van der Waals surface area contributed by atoms with E-state index in [1.807, 2.05) is 0 Å². The number of benzene rings is 1. The monoisotopic (exact) mass is 295 g/mol. The van der Waals surface area contributed by atoms with Crippen molar-refractivity contribution >= 4 is 11.7 Å². The SMILES string of the molecule is O=C(Nc1c(F)cccc1F)NC1CCN(C2CC2)CC1. The van der Waals surface area contributed by atoms with Crippen molar-refractivity contribution in [1.82, 2.24) is 10.2 Å². The number of carbonyl (C=O) groups excluding carboxylic acids is 1. The Balaban J connectivity index is 1.50. The van der Waals surface area contributed by atoms with Gasteiger partial charge < -0.3 is 15.5 Å². The van der Waals surface area contributed by atoms with E-state index in [0.717, 1.165) is 44.1 Å². The molecule has 0 aromatic heterocycles. The van der Waals surface area contributed by atoms with E-state index in [4.69, 9.17) is 0 Å². The molecule has 114 valence electrons. The van der Waals surface area contributed by atoms with Gasteiger partial charge in [0.15, 0.2) is 0 Å². The second-order valence-corrected chi connectivity index (χ2v) is 5.74. The van der Waals surface area contributed by atoms with Gasteiger partial charge in [-0.05, 0) is 37.8 Å². The standard InChI is InChI=1S/C15H19F2N3O/c16-12-2-1-3-13(17)14(12)19-15(21)18-10-6-8-20(9-7-10)11-4-5-11/h1-3,10-11H,4-9H2,(H2,18,19,21). The van der Waals surface area contributed by atoms with Crippen molar-refractivity contribution in [1.29, 1.82) is 0 Å². The fraction of sp³-hybridized carbons (Fsp3) is 0.533. The van der Waals surface area contributed by atoms with E-state index >= 15 is 0 Å². The Labute approximate surface area is 122 Å². The maximum absolute atomic E-state index is 13.4. The van der Waals surface area contributed by atoms with Gasteiger partial charge in [0, 0.05) is 25.2 Å². The van der Waals surface area contributed by atoms with Gasteiger partial charge in [-0.2, -0.15) is 0 Å². The van der Waals surface area contributed by atoms with E-state index in [1.165, 1.54) is 18.9 Å². The minimum atomic E-state index is -0.770. The van der Waals surface area contributed by atoms with Gasteiger partial charge in [-0.15, -0.1) is 0 Å². The predicted octanol–water partition coefficient (Wildman–Crippen LogP) is 2.71. The second kappa shape index (κ2) is 5.97. The number of para-hydroxylation sites is 1. The molecule has 1 aliphatic carbocycles. The van der Waals surface area contributed by atoms with E-state index in [1.54, 1.807) is 0 Å². The molecule has 6 heteroatoms. The Morgan fingerprint density at radius 3 is 2.29 bits per heavy atom. The molecule has 0 bridgehead atoms. The molecule has 1 saturated carbocycles. The average Bonchev–Trinajstić information content (AvgIpc) is 3.28. The number of urea groups is 1. The molecule has 1 aromatic rings. The summed E-state index contributed by atoms with van der Waals surface area (Å²) in [6, 6.07) is 3.76. The first kappa shape index (κ1) is 14.3. The van der Waals surface area contributed by atoms with Crippen LogP contribution in [-0.2, 0) is 0 Å². The summed E-state index contributed by atoms with van der Waals surface area (Å²) in [7, 11) is 0. The number of piperidine rings is 1. The number of nitrogens with one attached hydrogen (secondary N) is 2. The number of carbonyl (C=O) groups is 1. The number of anilines is 1. The largest absolute Gasteiger partial charge is 0.335 e. The van der Waals surface area contributed by atoms with E-state index in [0.29, 0.717) is 0 Å². The zero-order valence-electron chi connectivity index (χ0n) is 11.7. The van der Waals surface area contributed by atoms with Crippen molar-refractivity contribution in [2.24, 2.45) is 0 Å². The van der Waals surface area contributed by atoms with Crippen LogP contribution in [0.2, 0.25) is 0 Å². The fourth-order valence-electron chi connectivity index (χ4n) is 2.80. The first-order chi connectivity index (χ1) is 10.1. The molecular formula is C15H19F2N3O. The summed E-state index contributed by atoms with van der Waals surface area (Å²) >= 11 is 0. The van der Waals surface area contributed by atoms with Gasteiger partial charge in [0.05, 0.1) is 0 Å². The van der Waals surface area contributed by atoms with Crippen molar-refractivity contribution in [3.63, 3.8) is 0 Å². The molecule has 2 fully saturated rings. The zero-order valence-corrected chi connectivity index (χ0v) is 11.7. The average molecular weight is 295 g/mol. The summed E-state index contributed by atoms with van der Waals surface area (Å²) in [5.41, 5.74) is -0.398. The first-order valence-corrected chi connectivity index (χ1v) is 7.39. The minimum absolute atomic E-state index is 0.0647. The van der Waals surface area contributed by atoms with E-state index in [9.17, 15) is 13.6 Å². The van der Waals surface area contributed by atoms with Gasteiger partial charge in [0.1, 0.15) is 17.3 Å². The van der Waals surface area contributed by atoms with E-state index < -0.39 is 23.4 Å². The Bertz CT molecular complexity index is 505. The summed E-state index contributed by atoms with van der Waals surface area (Å²) in [6.45, 7) is 1.95. The third-order valence-electron chi connectivity index (χ3n) is 4.13. The van der Waals surface area contributed by atoms with Crippen LogP contribution in [0.15, 0.2) is 18.2 Å². The molecule has 2 N–H and O–H groups in total. The predicted molar refractivity (Wildman–Crippen MR) is 76.1 cm³/mol. The Hall–Kier alpha value is -1.69. The van der Waals surface area contributed by atoms with Crippen molar-refractivity contribution in [2.45, 2.75) is 37.8 Å². The number of halogens is 2. The number of rotatable bonds is 3. The van der Waals surface area contributed by atoms with Crippen LogP contribution in [0.5, 0.6) is 0 Å². The van der Waals surface area contributed by atoms with Crippen LogP contribution >= 0.6 is 0 Å². The van der Waals surface area contributed by atoms with Gasteiger partial charge in [-0.3, -0.25) is 0 Å². The first-order valence-electron chi connectivity index (χ1n) is 7.39. The van der Waals surface area contributed by atoms with Crippen LogP contribution in [0.1, 0.15) is 25.7 Å². The molecule has 0 spiro atoms. The number of likely N-dealkylation sites (tertiary alicyclic amines) is 1. The molecule has 1 saturated heterocycles. The molecule has 1 aromatic carbocycles. The Morgan fingerprint density at radius 2 is 1.71 bits per heavy atom. The highest BCUT2D eigenvalue weighted by Gasteiger charge is 2.32. The zero-order chi connectivity index (χ0) is 14.8. The van der Waals surface area contributed by atoms with Gasteiger partial charge in [0.25, 0.3) is 0 Å². The lowest BCUT2D eigenvalue weighted by atomic mass is 10.1. The summed E-state index contributed by atoms with van der Waals surface area (Å²) in [5.74, 6) is -1.54. The molecule has 4 nitrogen and oxygen atoms in total. The highest BCUT2D eigenvalue weighted by molar-refractivity contribution is 5.89. The van der Waals surface area contributed by atoms with E-state index in [-0.39, 0.29) is 6.04 Å². The molecule has 2 amide bonds. The molecule has 3 rings (SSSR count). The van der Waals surface area contributed by atoms with Crippen LogP contribution in [0, 0.1) is 11.6 Å². The number of hydrogen-bond donors (Lipinski definition) is 2. The Morgan fingerprint density at radius 1 is 1.10 bits per heavy atom. The molecule has 1 aliphatic heterocycles. The lowest BCUT2D eigenvalue weighted by Gasteiger charge is -2.32. The van der Waals surface area contributed by atoms with Crippen molar-refractivity contribution < 1.29 is 13.6 Å².